The van der Waals surface area contributed by atoms with Gasteiger partial charge >= 0.3 is 0 Å². The predicted octanol–water partition coefficient (Wildman–Crippen LogP) is 2.41. The zero-order valence-corrected chi connectivity index (χ0v) is 13.8. The van der Waals surface area contributed by atoms with Crippen LogP contribution in [0.15, 0.2) is 50.9 Å². The van der Waals surface area contributed by atoms with Gasteiger partial charge < -0.3 is 10.2 Å². The SMILES string of the molecule is Cl.O=S(=O)(c1ccccc1)c1cc(N2CCNCC2)cs1. The van der Waals surface area contributed by atoms with Crippen LogP contribution >= 0.6 is 23.7 Å². The van der Waals surface area contributed by atoms with Crippen molar-refractivity contribution in [3.63, 3.8) is 0 Å². The molecule has 0 radical (unpaired) electrons. The predicted molar refractivity (Wildman–Crippen MR) is 88.5 cm³/mol. The quantitative estimate of drug-likeness (QED) is 0.929. The molecule has 2 heterocycles. The highest BCUT2D eigenvalue weighted by Crippen LogP contribution is 2.31. The molecule has 1 aliphatic heterocycles. The molecule has 4 nitrogen and oxygen atoms in total. The zero-order valence-electron chi connectivity index (χ0n) is 11.4. The zero-order chi connectivity index (χ0) is 14.0. The second kappa shape index (κ2) is 6.79. The fourth-order valence-electron chi connectivity index (χ4n) is 2.25. The number of benzene rings is 1. The van der Waals surface area contributed by atoms with Gasteiger partial charge in [0.1, 0.15) is 4.21 Å². The van der Waals surface area contributed by atoms with Gasteiger partial charge in [-0.25, -0.2) is 8.42 Å². The van der Waals surface area contributed by atoms with Crippen molar-refractivity contribution in [1.29, 1.82) is 0 Å². The van der Waals surface area contributed by atoms with Crippen molar-refractivity contribution in [3.8, 4) is 0 Å². The van der Waals surface area contributed by atoms with Crippen LogP contribution in [0, 0.1) is 0 Å². The van der Waals surface area contributed by atoms with E-state index in [0.29, 0.717) is 9.10 Å². The smallest absolute Gasteiger partial charge is 0.216 e. The van der Waals surface area contributed by atoms with E-state index in [1.165, 1.54) is 11.3 Å². The number of rotatable bonds is 3. The summed E-state index contributed by atoms with van der Waals surface area (Å²) in [5.74, 6) is 0. The Bertz CT molecular complexity index is 680. The van der Waals surface area contributed by atoms with E-state index in [1.807, 2.05) is 11.4 Å². The first kappa shape index (κ1) is 16.3. The Kier molecular flexibility index (Phi) is 5.27. The molecule has 1 aromatic heterocycles. The van der Waals surface area contributed by atoms with Gasteiger partial charge in [-0.2, -0.15) is 0 Å². The van der Waals surface area contributed by atoms with Gasteiger partial charge in [0.2, 0.25) is 9.84 Å². The minimum atomic E-state index is -3.38. The molecular formula is C14H17ClN2O2S2. The van der Waals surface area contributed by atoms with Crippen LogP contribution in [0.2, 0.25) is 0 Å². The molecule has 7 heteroatoms. The van der Waals surface area contributed by atoms with Gasteiger partial charge in [0.05, 0.1) is 4.90 Å². The highest BCUT2D eigenvalue weighted by atomic mass is 35.5. The fraction of sp³-hybridized carbons (Fsp3) is 0.286. The van der Waals surface area contributed by atoms with Gasteiger partial charge in [-0.05, 0) is 18.2 Å². The van der Waals surface area contributed by atoms with Crippen LogP contribution in [0.4, 0.5) is 5.69 Å². The van der Waals surface area contributed by atoms with Gasteiger partial charge in [-0.1, -0.05) is 18.2 Å². The number of sulfone groups is 1. The van der Waals surface area contributed by atoms with Crippen molar-refractivity contribution in [2.75, 3.05) is 31.1 Å². The molecular weight excluding hydrogens is 328 g/mol. The highest BCUT2D eigenvalue weighted by molar-refractivity contribution is 7.93. The summed E-state index contributed by atoms with van der Waals surface area (Å²) in [5, 5.41) is 5.22. The maximum Gasteiger partial charge on any atom is 0.216 e. The summed E-state index contributed by atoms with van der Waals surface area (Å²) < 4.78 is 25.4. The van der Waals surface area contributed by atoms with E-state index >= 15 is 0 Å². The molecule has 0 amide bonds. The monoisotopic (exact) mass is 344 g/mol. The van der Waals surface area contributed by atoms with Gasteiger partial charge in [-0.15, -0.1) is 23.7 Å². The topological polar surface area (TPSA) is 49.4 Å². The summed E-state index contributed by atoms with van der Waals surface area (Å²) in [6.07, 6.45) is 0. The van der Waals surface area contributed by atoms with Gasteiger partial charge in [-0.3, -0.25) is 0 Å². The van der Waals surface area contributed by atoms with E-state index in [0.717, 1.165) is 31.9 Å². The molecule has 114 valence electrons. The van der Waals surface area contributed by atoms with Crippen molar-refractivity contribution in [2.24, 2.45) is 0 Å². The Balaban J connectivity index is 0.00000161. The second-order valence-electron chi connectivity index (χ2n) is 4.68. The van der Waals surface area contributed by atoms with E-state index in [9.17, 15) is 8.42 Å². The summed E-state index contributed by atoms with van der Waals surface area (Å²) in [5.41, 5.74) is 1.01. The molecule has 1 saturated heterocycles. The maximum atomic E-state index is 12.5. The lowest BCUT2D eigenvalue weighted by molar-refractivity contribution is 0.589. The number of thiophene rings is 1. The Morgan fingerprint density at radius 3 is 2.43 bits per heavy atom. The minimum absolute atomic E-state index is 0. The summed E-state index contributed by atoms with van der Waals surface area (Å²) >= 11 is 1.29. The minimum Gasteiger partial charge on any atom is -0.368 e. The summed E-state index contributed by atoms with van der Waals surface area (Å²) in [7, 11) is -3.38. The molecule has 1 fully saturated rings. The second-order valence-corrected chi connectivity index (χ2v) is 7.77. The summed E-state index contributed by atoms with van der Waals surface area (Å²) in [6.45, 7) is 3.72. The number of piperazine rings is 1. The summed E-state index contributed by atoms with van der Waals surface area (Å²) in [4.78, 5) is 2.57. The first-order valence-corrected chi connectivity index (χ1v) is 8.88. The van der Waals surface area contributed by atoms with Crippen LogP contribution in [0.25, 0.3) is 0 Å². The molecule has 0 bridgehead atoms. The molecule has 0 saturated carbocycles. The van der Waals surface area contributed by atoms with Crippen molar-refractivity contribution in [2.45, 2.75) is 9.10 Å². The third kappa shape index (κ3) is 3.40. The summed E-state index contributed by atoms with van der Waals surface area (Å²) in [6, 6.07) is 10.4. The average molecular weight is 345 g/mol. The first-order chi connectivity index (χ1) is 9.68. The normalized spacial score (nSPS) is 15.5. The van der Waals surface area contributed by atoms with E-state index in [2.05, 4.69) is 10.2 Å². The van der Waals surface area contributed by atoms with Crippen LogP contribution in [0.1, 0.15) is 0 Å². The molecule has 1 aliphatic rings. The first-order valence-electron chi connectivity index (χ1n) is 6.52. The molecule has 0 atom stereocenters. The third-order valence-corrected chi connectivity index (χ3v) is 6.56. The largest absolute Gasteiger partial charge is 0.368 e. The van der Waals surface area contributed by atoms with Crippen molar-refractivity contribution in [1.82, 2.24) is 5.32 Å². The standard InChI is InChI=1S/C14H16N2O2S2.ClH/c17-20(18,13-4-2-1-3-5-13)14-10-12(11-19-14)16-8-6-15-7-9-16;/h1-5,10-11,15H,6-9H2;1H. The Morgan fingerprint density at radius 1 is 1.10 bits per heavy atom. The Hall–Kier alpha value is -1.08. The van der Waals surface area contributed by atoms with Crippen LogP contribution < -0.4 is 10.2 Å². The molecule has 21 heavy (non-hydrogen) atoms. The molecule has 3 rings (SSSR count). The van der Waals surface area contributed by atoms with E-state index in [-0.39, 0.29) is 12.4 Å². The lowest BCUT2D eigenvalue weighted by Crippen LogP contribution is -2.43. The molecule has 0 unspecified atom stereocenters. The van der Waals surface area contributed by atoms with Crippen molar-refractivity contribution in [3.05, 3.63) is 41.8 Å². The highest BCUT2D eigenvalue weighted by Gasteiger charge is 2.21. The lowest BCUT2D eigenvalue weighted by atomic mass is 10.3. The number of halogens is 1. The van der Waals surface area contributed by atoms with Crippen molar-refractivity contribution >= 4 is 39.3 Å². The van der Waals surface area contributed by atoms with Crippen LogP contribution in [-0.2, 0) is 9.84 Å². The number of anilines is 1. The van der Waals surface area contributed by atoms with E-state index < -0.39 is 9.84 Å². The third-order valence-electron chi connectivity index (χ3n) is 3.36. The molecule has 0 spiro atoms. The number of hydrogen-bond acceptors (Lipinski definition) is 5. The van der Waals surface area contributed by atoms with E-state index in [1.54, 1.807) is 30.3 Å². The van der Waals surface area contributed by atoms with Crippen LogP contribution in [-0.4, -0.2) is 34.6 Å². The van der Waals surface area contributed by atoms with Gasteiger partial charge in [0, 0.05) is 37.2 Å². The van der Waals surface area contributed by atoms with Gasteiger partial charge in [0.15, 0.2) is 0 Å². The van der Waals surface area contributed by atoms with E-state index in [4.69, 9.17) is 0 Å². The molecule has 1 aromatic carbocycles. The molecule has 0 aliphatic carbocycles. The van der Waals surface area contributed by atoms with Crippen molar-refractivity contribution < 1.29 is 8.42 Å². The van der Waals surface area contributed by atoms with Crippen LogP contribution in [0.5, 0.6) is 0 Å². The lowest BCUT2D eigenvalue weighted by Gasteiger charge is -2.28. The number of nitrogens with zero attached hydrogens (tertiary/aromatic N) is 1. The average Bonchev–Trinajstić information content (AvgIpc) is 3.00. The number of hydrogen-bond donors (Lipinski definition) is 1. The number of nitrogens with one attached hydrogen (secondary N) is 1. The van der Waals surface area contributed by atoms with Gasteiger partial charge in [0.25, 0.3) is 0 Å². The fourth-order valence-corrected chi connectivity index (χ4v) is 4.86. The molecule has 2 aromatic rings. The molecule has 1 N–H and O–H groups in total. The van der Waals surface area contributed by atoms with Crippen LogP contribution in [0.3, 0.4) is 0 Å². The maximum absolute atomic E-state index is 12.5. The Labute approximate surface area is 135 Å². The Morgan fingerprint density at radius 2 is 1.76 bits per heavy atom.